The smallest absolute Gasteiger partial charge is 0.339 e. The fourth-order valence-electron chi connectivity index (χ4n) is 2.25. The summed E-state index contributed by atoms with van der Waals surface area (Å²) in [5, 5.41) is 9.51. The molecule has 3 aromatic rings. The van der Waals surface area contributed by atoms with Crippen LogP contribution in [0.2, 0.25) is 0 Å². The van der Waals surface area contributed by atoms with Crippen molar-refractivity contribution in [2.45, 2.75) is 0 Å². The van der Waals surface area contributed by atoms with E-state index in [9.17, 15) is 14.7 Å². The molecule has 0 aliphatic rings. The predicted molar refractivity (Wildman–Crippen MR) is 81.4 cm³/mol. The second-order valence-corrected chi connectivity index (χ2v) is 4.70. The molecule has 1 N–H and O–H groups in total. The molecule has 0 aliphatic heterocycles. The van der Waals surface area contributed by atoms with Gasteiger partial charge in [-0.3, -0.25) is 4.79 Å². The van der Waals surface area contributed by atoms with Crippen LogP contribution in [0.3, 0.4) is 0 Å². The molecule has 0 atom stereocenters. The van der Waals surface area contributed by atoms with E-state index < -0.39 is 5.97 Å². The van der Waals surface area contributed by atoms with Crippen molar-refractivity contribution in [1.82, 2.24) is 0 Å². The molecule has 0 spiro atoms. The summed E-state index contributed by atoms with van der Waals surface area (Å²) in [6.07, 6.45) is 0. The van der Waals surface area contributed by atoms with Crippen molar-refractivity contribution in [2.24, 2.45) is 0 Å². The average molecular weight is 296 g/mol. The van der Waals surface area contributed by atoms with Gasteiger partial charge >= 0.3 is 5.97 Å². The van der Waals surface area contributed by atoms with Crippen LogP contribution in [-0.4, -0.2) is 18.2 Å². The fraction of sp³-hybridized carbons (Fsp3) is 0.0588. The van der Waals surface area contributed by atoms with Crippen LogP contribution < -0.4 is 10.2 Å². The zero-order valence-electron chi connectivity index (χ0n) is 11.7. The van der Waals surface area contributed by atoms with Crippen LogP contribution in [0, 0.1) is 0 Å². The number of aromatic carboxylic acids is 1. The van der Waals surface area contributed by atoms with Gasteiger partial charge in [0.1, 0.15) is 17.1 Å². The number of hydrogen-bond acceptors (Lipinski definition) is 4. The molecule has 0 amide bonds. The Balaban J connectivity index is 2.36. The van der Waals surface area contributed by atoms with Gasteiger partial charge in [-0.2, -0.15) is 0 Å². The van der Waals surface area contributed by atoms with Gasteiger partial charge in [0, 0.05) is 11.6 Å². The molecule has 110 valence electrons. The van der Waals surface area contributed by atoms with Crippen LogP contribution in [-0.2, 0) is 0 Å². The molecule has 0 saturated heterocycles. The van der Waals surface area contributed by atoms with E-state index in [-0.39, 0.29) is 22.0 Å². The first-order valence-electron chi connectivity index (χ1n) is 6.55. The molecule has 0 bridgehead atoms. The van der Waals surface area contributed by atoms with Gasteiger partial charge in [0.05, 0.1) is 12.5 Å². The molecule has 5 heteroatoms. The predicted octanol–water partition coefficient (Wildman–Crippen LogP) is 3.17. The summed E-state index contributed by atoms with van der Waals surface area (Å²) in [6, 6.07) is 13.2. The van der Waals surface area contributed by atoms with E-state index in [1.54, 1.807) is 12.1 Å². The van der Waals surface area contributed by atoms with E-state index >= 15 is 0 Å². The lowest BCUT2D eigenvalue weighted by atomic mass is 10.1. The second-order valence-electron chi connectivity index (χ2n) is 4.70. The van der Waals surface area contributed by atoms with Crippen molar-refractivity contribution in [3.8, 4) is 17.1 Å². The third kappa shape index (κ3) is 2.33. The van der Waals surface area contributed by atoms with Crippen LogP contribution in [0.4, 0.5) is 0 Å². The minimum Gasteiger partial charge on any atom is -0.497 e. The highest BCUT2D eigenvalue weighted by atomic mass is 16.5. The van der Waals surface area contributed by atoms with E-state index in [2.05, 4.69) is 0 Å². The Hall–Kier alpha value is -3.08. The number of carbonyl (C=O) groups is 1. The number of carboxylic acid groups (broad SMARTS) is 1. The molecule has 1 aromatic heterocycles. The summed E-state index contributed by atoms with van der Waals surface area (Å²) in [6.45, 7) is 0. The van der Waals surface area contributed by atoms with Gasteiger partial charge < -0.3 is 14.3 Å². The largest absolute Gasteiger partial charge is 0.497 e. The number of benzene rings is 2. The molecule has 0 saturated carbocycles. The van der Waals surface area contributed by atoms with Gasteiger partial charge in [-0.25, -0.2) is 4.79 Å². The lowest BCUT2D eigenvalue weighted by Gasteiger charge is -2.08. The topological polar surface area (TPSA) is 76.7 Å². The van der Waals surface area contributed by atoms with Gasteiger partial charge in [0.15, 0.2) is 11.0 Å². The SMILES string of the molecule is COc1cc(C(=O)O)c2oc(-c3ccccc3)cc(=O)c2c1. The van der Waals surface area contributed by atoms with Crippen molar-refractivity contribution in [1.29, 1.82) is 0 Å². The molecule has 0 fully saturated rings. The summed E-state index contributed by atoms with van der Waals surface area (Å²) in [5.41, 5.74) is 0.319. The fourth-order valence-corrected chi connectivity index (χ4v) is 2.25. The quantitative estimate of drug-likeness (QED) is 0.803. The normalized spacial score (nSPS) is 10.6. The minimum atomic E-state index is -1.18. The summed E-state index contributed by atoms with van der Waals surface area (Å²) < 4.78 is 10.7. The number of ether oxygens (including phenoxy) is 1. The molecule has 3 rings (SSSR count). The summed E-state index contributed by atoms with van der Waals surface area (Å²) >= 11 is 0. The number of carboxylic acids is 1. The van der Waals surface area contributed by atoms with Gasteiger partial charge in [-0.15, -0.1) is 0 Å². The first kappa shape index (κ1) is 13.9. The Morgan fingerprint density at radius 1 is 1.14 bits per heavy atom. The zero-order valence-corrected chi connectivity index (χ0v) is 11.7. The number of methoxy groups -OCH3 is 1. The average Bonchev–Trinajstić information content (AvgIpc) is 2.54. The summed E-state index contributed by atoms with van der Waals surface area (Å²) in [7, 11) is 1.41. The Morgan fingerprint density at radius 3 is 2.50 bits per heavy atom. The monoisotopic (exact) mass is 296 g/mol. The van der Waals surface area contributed by atoms with Crippen LogP contribution in [0.25, 0.3) is 22.3 Å². The Labute approximate surface area is 125 Å². The number of rotatable bonds is 3. The van der Waals surface area contributed by atoms with E-state index in [1.165, 1.54) is 25.3 Å². The van der Waals surface area contributed by atoms with Gasteiger partial charge in [0.2, 0.25) is 0 Å². The van der Waals surface area contributed by atoms with Gasteiger partial charge in [0.25, 0.3) is 0 Å². The van der Waals surface area contributed by atoms with Crippen LogP contribution in [0.1, 0.15) is 10.4 Å². The van der Waals surface area contributed by atoms with Gasteiger partial charge in [-0.05, 0) is 12.1 Å². The lowest BCUT2D eigenvalue weighted by molar-refractivity contribution is 0.0697. The zero-order chi connectivity index (χ0) is 15.7. The van der Waals surface area contributed by atoms with E-state index in [1.807, 2.05) is 18.2 Å². The summed E-state index contributed by atoms with van der Waals surface area (Å²) in [4.78, 5) is 23.7. The highest BCUT2D eigenvalue weighted by molar-refractivity contribution is 6.01. The Morgan fingerprint density at radius 2 is 1.86 bits per heavy atom. The van der Waals surface area contributed by atoms with Crippen molar-refractivity contribution in [3.05, 3.63) is 64.3 Å². The number of hydrogen-bond donors (Lipinski definition) is 1. The third-order valence-corrected chi connectivity index (χ3v) is 3.33. The Bertz CT molecular complexity index is 909. The molecule has 1 heterocycles. The maximum atomic E-state index is 12.3. The Kier molecular flexibility index (Phi) is 3.39. The van der Waals surface area contributed by atoms with Crippen molar-refractivity contribution in [3.63, 3.8) is 0 Å². The molecule has 0 unspecified atom stereocenters. The number of fused-ring (bicyclic) bond motifs is 1. The van der Waals surface area contributed by atoms with E-state index in [0.29, 0.717) is 17.1 Å². The maximum Gasteiger partial charge on any atom is 0.339 e. The van der Waals surface area contributed by atoms with E-state index in [4.69, 9.17) is 9.15 Å². The van der Waals surface area contributed by atoms with Crippen molar-refractivity contribution >= 4 is 16.9 Å². The lowest BCUT2D eigenvalue weighted by Crippen LogP contribution is -2.06. The maximum absolute atomic E-state index is 12.3. The second kappa shape index (κ2) is 5.37. The van der Waals surface area contributed by atoms with Crippen LogP contribution in [0.15, 0.2) is 57.7 Å². The first-order chi connectivity index (χ1) is 10.6. The standard InChI is InChI=1S/C17H12O5/c1-21-11-7-12-14(18)9-15(10-5-3-2-4-6-10)22-16(12)13(8-11)17(19)20/h2-9H,1H3,(H,19,20). The molecule has 0 radical (unpaired) electrons. The minimum absolute atomic E-state index is 0.0413. The highest BCUT2D eigenvalue weighted by Crippen LogP contribution is 2.27. The first-order valence-corrected chi connectivity index (χ1v) is 6.55. The van der Waals surface area contributed by atoms with Crippen LogP contribution in [0.5, 0.6) is 5.75 Å². The molecular formula is C17H12O5. The molecule has 0 aliphatic carbocycles. The molecule has 22 heavy (non-hydrogen) atoms. The summed E-state index contributed by atoms with van der Waals surface area (Å²) in [5.74, 6) is -0.562. The van der Waals surface area contributed by atoms with Crippen LogP contribution >= 0.6 is 0 Å². The van der Waals surface area contributed by atoms with Crippen molar-refractivity contribution < 1.29 is 19.1 Å². The highest BCUT2D eigenvalue weighted by Gasteiger charge is 2.17. The third-order valence-electron chi connectivity index (χ3n) is 3.33. The van der Waals surface area contributed by atoms with E-state index in [0.717, 1.165) is 0 Å². The van der Waals surface area contributed by atoms with Gasteiger partial charge in [-0.1, -0.05) is 30.3 Å². The molecular weight excluding hydrogens is 284 g/mol. The van der Waals surface area contributed by atoms with Crippen molar-refractivity contribution in [2.75, 3.05) is 7.11 Å². The molecule has 5 nitrogen and oxygen atoms in total. The molecule has 2 aromatic carbocycles.